The quantitative estimate of drug-likeness (QED) is 0.676. The molecule has 0 aliphatic rings. The van der Waals surface area contributed by atoms with Gasteiger partial charge in [-0.3, -0.25) is 0 Å². The minimum atomic E-state index is 1.24. The Kier molecular flexibility index (Phi) is 2.71. The largest absolute Gasteiger partial charge is 0.0985 e. The Morgan fingerprint density at radius 2 is 1.91 bits per heavy atom. The predicted molar refractivity (Wildman–Crippen MR) is 58.7 cm³/mol. The topological polar surface area (TPSA) is 0 Å². The summed E-state index contributed by atoms with van der Waals surface area (Å²) in [5, 5.41) is 0. The molecule has 1 aromatic rings. The molecule has 0 aromatic heterocycles. The molecular weight excluding hydrogens is 247 g/mol. The van der Waals surface area contributed by atoms with Crippen molar-refractivity contribution in [2.45, 2.75) is 13.8 Å². The van der Waals surface area contributed by atoms with Gasteiger partial charge in [-0.2, -0.15) is 0 Å². The lowest BCUT2D eigenvalue weighted by atomic mass is 10.0. The lowest BCUT2D eigenvalue weighted by molar-refractivity contribution is 1.30. The average Bonchev–Trinajstić information content (AvgIpc) is 2.01. The zero-order valence-corrected chi connectivity index (χ0v) is 8.97. The Bertz CT molecular complexity index is 287. The van der Waals surface area contributed by atoms with Crippen molar-refractivity contribution in [3.05, 3.63) is 39.0 Å². The Morgan fingerprint density at radius 1 is 1.27 bits per heavy atom. The summed E-state index contributed by atoms with van der Waals surface area (Å²) in [7, 11) is 0. The van der Waals surface area contributed by atoms with E-state index in [1.54, 1.807) is 0 Å². The van der Waals surface area contributed by atoms with Crippen LogP contribution in [-0.4, -0.2) is 0 Å². The molecule has 0 radical (unpaired) electrons. The number of hydrogen-bond acceptors (Lipinski definition) is 0. The van der Waals surface area contributed by atoms with Gasteiger partial charge in [0.15, 0.2) is 0 Å². The van der Waals surface area contributed by atoms with E-state index in [1.807, 2.05) is 6.08 Å². The Hall–Kier alpha value is -0.310. The smallest absolute Gasteiger partial charge is 0.0162 e. The van der Waals surface area contributed by atoms with Crippen molar-refractivity contribution in [3.8, 4) is 0 Å². The second kappa shape index (κ2) is 3.39. The molecule has 0 amide bonds. The highest BCUT2D eigenvalue weighted by atomic mass is 127. The van der Waals surface area contributed by atoms with Gasteiger partial charge in [0, 0.05) is 3.57 Å². The molecule has 1 rings (SSSR count). The van der Waals surface area contributed by atoms with Gasteiger partial charge in [0.1, 0.15) is 0 Å². The van der Waals surface area contributed by atoms with Crippen molar-refractivity contribution in [1.82, 2.24) is 0 Å². The van der Waals surface area contributed by atoms with Crippen LogP contribution in [0.2, 0.25) is 0 Å². The molecule has 0 aliphatic carbocycles. The molecule has 1 heteroatoms. The summed E-state index contributed by atoms with van der Waals surface area (Å²) in [6.45, 7) is 8.04. The van der Waals surface area contributed by atoms with E-state index in [0.29, 0.717) is 0 Å². The van der Waals surface area contributed by atoms with Crippen LogP contribution in [0.5, 0.6) is 0 Å². The molecule has 0 N–H and O–H groups in total. The van der Waals surface area contributed by atoms with Gasteiger partial charge in [-0.25, -0.2) is 0 Å². The lowest BCUT2D eigenvalue weighted by Gasteiger charge is -2.05. The lowest BCUT2D eigenvalue weighted by Crippen LogP contribution is -1.88. The minimum absolute atomic E-state index is 1.24. The summed E-state index contributed by atoms with van der Waals surface area (Å²) < 4.78 is 1.32. The standard InChI is InChI=1S/C10H11I/c1-4-9-5-6-10(11)8(3)7(9)2/h4-6H,1H2,2-3H3. The van der Waals surface area contributed by atoms with Crippen LogP contribution in [0.3, 0.4) is 0 Å². The van der Waals surface area contributed by atoms with Gasteiger partial charge in [0.2, 0.25) is 0 Å². The summed E-state index contributed by atoms with van der Waals surface area (Å²) in [5.41, 5.74) is 3.94. The average molecular weight is 258 g/mol. The molecule has 0 heterocycles. The maximum absolute atomic E-state index is 3.76. The zero-order valence-electron chi connectivity index (χ0n) is 6.82. The van der Waals surface area contributed by atoms with E-state index >= 15 is 0 Å². The van der Waals surface area contributed by atoms with E-state index in [0.717, 1.165) is 0 Å². The summed E-state index contributed by atoms with van der Waals surface area (Å²) >= 11 is 2.35. The van der Waals surface area contributed by atoms with E-state index in [4.69, 9.17) is 0 Å². The highest BCUT2D eigenvalue weighted by Crippen LogP contribution is 2.19. The van der Waals surface area contributed by atoms with Crippen LogP contribution in [0.4, 0.5) is 0 Å². The van der Waals surface area contributed by atoms with Crippen LogP contribution in [0.25, 0.3) is 6.08 Å². The van der Waals surface area contributed by atoms with Gasteiger partial charge >= 0.3 is 0 Å². The predicted octanol–water partition coefficient (Wildman–Crippen LogP) is 3.55. The van der Waals surface area contributed by atoms with E-state index in [2.05, 4.69) is 55.2 Å². The molecule has 0 saturated carbocycles. The molecule has 0 bridgehead atoms. The highest BCUT2D eigenvalue weighted by Gasteiger charge is 2.00. The third-order valence-corrected chi connectivity index (χ3v) is 3.15. The van der Waals surface area contributed by atoms with Crippen LogP contribution in [0.1, 0.15) is 16.7 Å². The van der Waals surface area contributed by atoms with Gasteiger partial charge < -0.3 is 0 Å². The van der Waals surface area contributed by atoms with Crippen LogP contribution >= 0.6 is 22.6 Å². The summed E-state index contributed by atoms with van der Waals surface area (Å²) in [6.07, 6.45) is 1.90. The Balaban J connectivity index is 3.36. The number of halogens is 1. The fourth-order valence-electron chi connectivity index (χ4n) is 1.03. The van der Waals surface area contributed by atoms with Crippen molar-refractivity contribution in [1.29, 1.82) is 0 Å². The van der Waals surface area contributed by atoms with Crippen LogP contribution in [0.15, 0.2) is 18.7 Å². The van der Waals surface area contributed by atoms with Crippen molar-refractivity contribution in [2.75, 3.05) is 0 Å². The highest BCUT2D eigenvalue weighted by molar-refractivity contribution is 14.1. The zero-order chi connectivity index (χ0) is 8.43. The first-order valence-electron chi connectivity index (χ1n) is 3.55. The maximum atomic E-state index is 3.76. The first kappa shape index (κ1) is 8.78. The minimum Gasteiger partial charge on any atom is -0.0985 e. The van der Waals surface area contributed by atoms with E-state index < -0.39 is 0 Å². The first-order valence-corrected chi connectivity index (χ1v) is 4.63. The molecule has 1 aromatic carbocycles. The van der Waals surface area contributed by atoms with Gasteiger partial charge in [0.05, 0.1) is 0 Å². The summed E-state index contributed by atoms with van der Waals surface area (Å²) in [5.74, 6) is 0. The van der Waals surface area contributed by atoms with Gasteiger partial charge in [0.25, 0.3) is 0 Å². The van der Waals surface area contributed by atoms with E-state index in [9.17, 15) is 0 Å². The van der Waals surface area contributed by atoms with Gasteiger partial charge in [-0.1, -0.05) is 18.7 Å². The molecule has 0 atom stereocenters. The van der Waals surface area contributed by atoms with Crippen LogP contribution in [-0.2, 0) is 0 Å². The molecule has 0 saturated heterocycles. The maximum Gasteiger partial charge on any atom is 0.0162 e. The number of rotatable bonds is 1. The Morgan fingerprint density at radius 3 is 2.45 bits per heavy atom. The van der Waals surface area contributed by atoms with E-state index in [-0.39, 0.29) is 0 Å². The number of benzene rings is 1. The van der Waals surface area contributed by atoms with Crippen LogP contribution in [0, 0.1) is 17.4 Å². The molecule has 11 heavy (non-hydrogen) atoms. The van der Waals surface area contributed by atoms with Crippen LogP contribution < -0.4 is 0 Å². The summed E-state index contributed by atoms with van der Waals surface area (Å²) in [4.78, 5) is 0. The molecular formula is C10H11I. The third-order valence-electron chi connectivity index (χ3n) is 1.98. The molecule has 0 fully saturated rings. The van der Waals surface area contributed by atoms with Crippen molar-refractivity contribution in [3.63, 3.8) is 0 Å². The fourth-order valence-corrected chi connectivity index (χ4v) is 1.61. The molecule has 58 valence electrons. The first-order chi connectivity index (χ1) is 5.16. The van der Waals surface area contributed by atoms with Crippen molar-refractivity contribution in [2.24, 2.45) is 0 Å². The molecule has 0 nitrogen and oxygen atoms in total. The monoisotopic (exact) mass is 258 g/mol. The second-order valence-corrected chi connectivity index (χ2v) is 3.75. The third kappa shape index (κ3) is 1.64. The summed E-state index contributed by atoms with van der Waals surface area (Å²) in [6, 6.07) is 4.23. The van der Waals surface area contributed by atoms with Gasteiger partial charge in [-0.05, 0) is 59.2 Å². The normalized spacial score (nSPS) is 9.73. The molecule has 0 spiro atoms. The molecule has 0 unspecified atom stereocenters. The Labute approximate surface area is 81.5 Å². The second-order valence-electron chi connectivity index (χ2n) is 2.59. The van der Waals surface area contributed by atoms with E-state index in [1.165, 1.54) is 20.3 Å². The molecule has 0 aliphatic heterocycles. The van der Waals surface area contributed by atoms with Gasteiger partial charge in [-0.15, -0.1) is 0 Å². The van der Waals surface area contributed by atoms with Crippen molar-refractivity contribution >= 4 is 28.7 Å². The number of hydrogen-bond donors (Lipinski definition) is 0. The SMILES string of the molecule is C=Cc1ccc(I)c(C)c1C. The fraction of sp³-hybridized carbons (Fsp3) is 0.200. The van der Waals surface area contributed by atoms with Crippen molar-refractivity contribution < 1.29 is 0 Å².